The summed E-state index contributed by atoms with van der Waals surface area (Å²) < 4.78 is 5.33. The van der Waals surface area contributed by atoms with Crippen molar-refractivity contribution in [1.82, 2.24) is 4.90 Å². The second kappa shape index (κ2) is 7.67. The largest absolute Gasteiger partial charge is 0.482 e. The van der Waals surface area contributed by atoms with Crippen LogP contribution < -0.4 is 9.64 Å². The van der Waals surface area contributed by atoms with E-state index in [-0.39, 0.29) is 36.5 Å². The van der Waals surface area contributed by atoms with Crippen LogP contribution in [0.25, 0.3) is 0 Å². The van der Waals surface area contributed by atoms with E-state index in [4.69, 9.17) is 4.74 Å². The van der Waals surface area contributed by atoms with Crippen molar-refractivity contribution in [3.8, 4) is 5.75 Å². The van der Waals surface area contributed by atoms with Crippen LogP contribution in [0.15, 0.2) is 42.5 Å². The van der Waals surface area contributed by atoms with Gasteiger partial charge in [0.25, 0.3) is 11.6 Å². The molecule has 0 radical (unpaired) electrons. The Bertz CT molecular complexity index is 926. The molecule has 1 aliphatic heterocycles. The second-order valence-electron chi connectivity index (χ2n) is 6.77. The number of aryl methyl sites for hydroxylation is 1. The van der Waals surface area contributed by atoms with E-state index in [0.717, 1.165) is 11.1 Å². The number of hydrogen-bond donors (Lipinski definition) is 0. The standard InChI is InChI=1S/C20H21N3O5/c1-13-4-6-15(7-5-13)14(2)21(3)19(24)11-22-17-10-16(23(26)27)8-9-18(17)28-12-20(22)25/h4-10,14H,11-12H2,1-3H3. The summed E-state index contributed by atoms with van der Waals surface area (Å²) in [6, 6.07) is 11.7. The highest BCUT2D eigenvalue weighted by Gasteiger charge is 2.30. The molecule has 0 saturated carbocycles. The fourth-order valence-electron chi connectivity index (χ4n) is 3.01. The Labute approximate surface area is 162 Å². The van der Waals surface area contributed by atoms with Crippen molar-refractivity contribution < 1.29 is 19.2 Å². The first-order chi connectivity index (χ1) is 13.3. The zero-order valence-electron chi connectivity index (χ0n) is 15.9. The summed E-state index contributed by atoms with van der Waals surface area (Å²) in [5, 5.41) is 11.1. The van der Waals surface area contributed by atoms with E-state index >= 15 is 0 Å². The molecule has 8 heteroatoms. The number of non-ortho nitro benzene ring substituents is 1. The molecule has 1 unspecified atom stereocenters. The summed E-state index contributed by atoms with van der Waals surface area (Å²) in [5.74, 6) is -0.356. The fourth-order valence-corrected chi connectivity index (χ4v) is 3.01. The van der Waals surface area contributed by atoms with Crippen LogP contribution in [0.3, 0.4) is 0 Å². The number of amides is 2. The van der Waals surface area contributed by atoms with E-state index in [0.29, 0.717) is 5.75 Å². The van der Waals surface area contributed by atoms with Crippen LogP contribution in [0.1, 0.15) is 24.1 Å². The molecule has 0 saturated heterocycles. The number of benzene rings is 2. The van der Waals surface area contributed by atoms with E-state index in [1.807, 2.05) is 38.1 Å². The molecule has 0 aliphatic carbocycles. The fraction of sp³-hybridized carbons (Fsp3) is 0.300. The van der Waals surface area contributed by atoms with Crippen LogP contribution in [0.5, 0.6) is 5.75 Å². The molecule has 0 fully saturated rings. The first-order valence-corrected chi connectivity index (χ1v) is 8.81. The van der Waals surface area contributed by atoms with Crippen molar-refractivity contribution in [2.75, 3.05) is 25.1 Å². The number of carbonyl (C=O) groups excluding carboxylic acids is 2. The Morgan fingerprint density at radius 2 is 1.96 bits per heavy atom. The van der Waals surface area contributed by atoms with Crippen LogP contribution >= 0.6 is 0 Å². The van der Waals surface area contributed by atoms with E-state index in [9.17, 15) is 19.7 Å². The van der Waals surface area contributed by atoms with E-state index in [2.05, 4.69) is 0 Å². The molecule has 0 bridgehead atoms. The maximum atomic E-state index is 12.8. The second-order valence-corrected chi connectivity index (χ2v) is 6.77. The van der Waals surface area contributed by atoms with Crippen molar-refractivity contribution in [1.29, 1.82) is 0 Å². The minimum absolute atomic E-state index is 0.170. The van der Waals surface area contributed by atoms with Crippen LogP contribution in [0.2, 0.25) is 0 Å². The molecule has 2 aromatic rings. The molecule has 146 valence electrons. The highest BCUT2D eigenvalue weighted by atomic mass is 16.6. The Kier molecular flexibility index (Phi) is 5.30. The monoisotopic (exact) mass is 383 g/mol. The van der Waals surface area contributed by atoms with Gasteiger partial charge >= 0.3 is 0 Å². The predicted octanol–water partition coefficient (Wildman–Crippen LogP) is 2.85. The zero-order chi connectivity index (χ0) is 20.4. The third-order valence-electron chi connectivity index (χ3n) is 4.92. The maximum Gasteiger partial charge on any atom is 0.271 e. The Hall–Kier alpha value is -3.42. The summed E-state index contributed by atoms with van der Waals surface area (Å²) in [6.07, 6.45) is 0. The predicted molar refractivity (Wildman–Crippen MR) is 103 cm³/mol. The summed E-state index contributed by atoms with van der Waals surface area (Å²) in [5.41, 5.74) is 2.17. The molecule has 1 aliphatic rings. The summed E-state index contributed by atoms with van der Waals surface area (Å²) >= 11 is 0. The van der Waals surface area contributed by atoms with Gasteiger partial charge in [0.1, 0.15) is 12.3 Å². The SMILES string of the molecule is Cc1ccc(C(C)N(C)C(=O)CN2C(=O)COc3ccc([N+](=O)[O-])cc32)cc1. The van der Waals surface area contributed by atoms with Crippen LogP contribution in [0.4, 0.5) is 11.4 Å². The minimum atomic E-state index is -0.551. The van der Waals surface area contributed by atoms with E-state index in [1.165, 1.54) is 23.1 Å². The maximum absolute atomic E-state index is 12.8. The Morgan fingerprint density at radius 3 is 2.61 bits per heavy atom. The average Bonchev–Trinajstić information content (AvgIpc) is 2.69. The van der Waals surface area contributed by atoms with Crippen molar-refractivity contribution in [3.05, 3.63) is 63.7 Å². The number of nitrogens with zero attached hydrogens (tertiary/aromatic N) is 3. The molecule has 8 nitrogen and oxygen atoms in total. The number of fused-ring (bicyclic) bond motifs is 1. The topological polar surface area (TPSA) is 93.0 Å². The van der Waals surface area contributed by atoms with Crippen molar-refractivity contribution in [3.63, 3.8) is 0 Å². The summed E-state index contributed by atoms with van der Waals surface area (Å²) in [4.78, 5) is 38.5. The number of anilines is 1. The van der Waals surface area contributed by atoms with Crippen molar-refractivity contribution in [2.45, 2.75) is 19.9 Å². The van der Waals surface area contributed by atoms with Gasteiger partial charge < -0.3 is 9.64 Å². The summed E-state index contributed by atoms with van der Waals surface area (Å²) in [6.45, 7) is 3.46. The minimum Gasteiger partial charge on any atom is -0.482 e. The number of ether oxygens (including phenoxy) is 1. The smallest absolute Gasteiger partial charge is 0.271 e. The lowest BCUT2D eigenvalue weighted by Crippen LogP contribution is -2.46. The number of nitro groups is 1. The van der Waals surface area contributed by atoms with Gasteiger partial charge in [-0.2, -0.15) is 0 Å². The highest BCUT2D eigenvalue weighted by molar-refractivity contribution is 6.02. The molecule has 2 aromatic carbocycles. The molecule has 0 N–H and O–H groups in total. The molecular weight excluding hydrogens is 362 g/mol. The molecule has 0 aromatic heterocycles. The van der Waals surface area contributed by atoms with Gasteiger partial charge in [0.05, 0.1) is 16.7 Å². The summed E-state index contributed by atoms with van der Waals surface area (Å²) in [7, 11) is 1.67. The Morgan fingerprint density at radius 1 is 1.29 bits per heavy atom. The highest BCUT2D eigenvalue weighted by Crippen LogP contribution is 2.35. The molecule has 2 amide bonds. The lowest BCUT2D eigenvalue weighted by Gasteiger charge is -2.32. The van der Waals surface area contributed by atoms with Gasteiger partial charge in [-0.25, -0.2) is 0 Å². The Balaban J connectivity index is 1.81. The zero-order valence-corrected chi connectivity index (χ0v) is 15.9. The molecule has 3 rings (SSSR count). The number of likely N-dealkylation sites (N-methyl/N-ethyl adjacent to an activating group) is 1. The van der Waals surface area contributed by atoms with Gasteiger partial charge in [-0.1, -0.05) is 29.8 Å². The lowest BCUT2D eigenvalue weighted by atomic mass is 10.1. The third-order valence-corrected chi connectivity index (χ3v) is 4.92. The molecule has 0 spiro atoms. The van der Waals surface area contributed by atoms with Gasteiger partial charge in [-0.15, -0.1) is 0 Å². The normalized spacial score (nSPS) is 14.1. The van der Waals surface area contributed by atoms with Gasteiger partial charge in [-0.05, 0) is 25.5 Å². The first-order valence-electron chi connectivity index (χ1n) is 8.81. The average molecular weight is 383 g/mol. The number of rotatable bonds is 5. The van der Waals surface area contributed by atoms with Crippen LogP contribution in [0, 0.1) is 17.0 Å². The van der Waals surface area contributed by atoms with Gasteiger partial charge in [0.15, 0.2) is 6.61 Å². The van der Waals surface area contributed by atoms with Gasteiger partial charge in [-0.3, -0.25) is 24.6 Å². The molecular formula is C20H21N3O5. The van der Waals surface area contributed by atoms with E-state index < -0.39 is 10.8 Å². The third kappa shape index (κ3) is 3.80. The quantitative estimate of drug-likeness (QED) is 0.585. The van der Waals surface area contributed by atoms with E-state index in [1.54, 1.807) is 11.9 Å². The number of nitro benzene ring substituents is 1. The van der Waals surface area contributed by atoms with Crippen LogP contribution in [-0.2, 0) is 9.59 Å². The molecule has 28 heavy (non-hydrogen) atoms. The lowest BCUT2D eigenvalue weighted by molar-refractivity contribution is -0.384. The number of hydrogen-bond acceptors (Lipinski definition) is 5. The molecule has 1 atom stereocenters. The number of carbonyl (C=O) groups is 2. The first kappa shape index (κ1) is 19.3. The van der Waals surface area contributed by atoms with Crippen LogP contribution in [-0.4, -0.2) is 41.8 Å². The van der Waals surface area contributed by atoms with Crippen molar-refractivity contribution >= 4 is 23.2 Å². The molecule has 1 heterocycles. The van der Waals surface area contributed by atoms with Crippen molar-refractivity contribution in [2.24, 2.45) is 0 Å². The van der Waals surface area contributed by atoms with Gasteiger partial charge in [0, 0.05) is 19.2 Å². The van der Waals surface area contributed by atoms with Gasteiger partial charge in [0.2, 0.25) is 5.91 Å².